The van der Waals surface area contributed by atoms with Crippen LogP contribution in [0.4, 0.5) is 17.1 Å². The molecule has 0 aromatic heterocycles. The maximum absolute atomic E-state index is 13.1. The number of hydrogen-bond donors (Lipinski definition) is 3. The predicted molar refractivity (Wildman–Crippen MR) is 150 cm³/mol. The summed E-state index contributed by atoms with van der Waals surface area (Å²) in [6.07, 6.45) is 0. The van der Waals surface area contributed by atoms with Gasteiger partial charge in [0.25, 0.3) is 26.0 Å². The Kier molecular flexibility index (Phi) is 7.56. The first-order chi connectivity index (χ1) is 17.9. The Morgan fingerprint density at radius 3 is 1.84 bits per heavy atom. The molecule has 3 N–H and O–H groups in total. The van der Waals surface area contributed by atoms with Gasteiger partial charge in [-0.25, -0.2) is 16.8 Å². The number of nitrogens with one attached hydrogen (secondary N) is 3. The molecule has 4 aromatic rings. The van der Waals surface area contributed by atoms with E-state index < -0.39 is 26.0 Å². The fraction of sp³-hybridized carbons (Fsp3) is 0.107. The number of hydrogen-bond acceptors (Lipinski definition) is 5. The fourth-order valence-corrected chi connectivity index (χ4v) is 6.29. The Morgan fingerprint density at radius 1 is 0.605 bits per heavy atom. The van der Waals surface area contributed by atoms with Crippen LogP contribution in [0.2, 0.25) is 0 Å². The van der Waals surface area contributed by atoms with Crippen molar-refractivity contribution in [2.45, 2.75) is 30.6 Å². The summed E-state index contributed by atoms with van der Waals surface area (Å²) in [5.41, 5.74) is 3.68. The van der Waals surface area contributed by atoms with Crippen molar-refractivity contribution in [1.29, 1.82) is 0 Å². The number of rotatable bonds is 8. The summed E-state index contributed by atoms with van der Waals surface area (Å²) in [6, 6.07) is 24.0. The lowest BCUT2D eigenvalue weighted by atomic mass is 10.1. The fourth-order valence-electron chi connectivity index (χ4n) is 3.92. The second-order valence-electron chi connectivity index (χ2n) is 8.91. The molecule has 0 radical (unpaired) electrons. The first kappa shape index (κ1) is 26.9. The summed E-state index contributed by atoms with van der Waals surface area (Å²) in [7, 11) is -7.76. The lowest BCUT2D eigenvalue weighted by molar-refractivity contribution is 0.102. The van der Waals surface area contributed by atoms with Gasteiger partial charge in [0.1, 0.15) is 0 Å². The average molecular weight is 550 g/mol. The summed E-state index contributed by atoms with van der Waals surface area (Å²) in [4.78, 5) is 12.9. The lowest BCUT2D eigenvalue weighted by Gasteiger charge is -2.13. The number of sulfonamides is 2. The van der Waals surface area contributed by atoms with Crippen molar-refractivity contribution >= 4 is 43.0 Å². The zero-order valence-corrected chi connectivity index (χ0v) is 22.7. The van der Waals surface area contributed by atoms with Crippen LogP contribution in [0.1, 0.15) is 27.0 Å². The highest BCUT2D eigenvalue weighted by Gasteiger charge is 2.20. The molecule has 0 atom stereocenters. The Hall–Kier alpha value is -4.15. The molecule has 0 spiro atoms. The van der Waals surface area contributed by atoms with E-state index in [-0.39, 0.29) is 15.4 Å². The number of para-hydroxylation sites is 1. The highest BCUT2D eigenvalue weighted by atomic mass is 32.2. The molecule has 10 heteroatoms. The van der Waals surface area contributed by atoms with Gasteiger partial charge in [-0.3, -0.25) is 14.2 Å². The maximum Gasteiger partial charge on any atom is 0.262 e. The molecule has 38 heavy (non-hydrogen) atoms. The third-order valence-corrected chi connectivity index (χ3v) is 8.58. The van der Waals surface area contributed by atoms with E-state index >= 15 is 0 Å². The summed E-state index contributed by atoms with van der Waals surface area (Å²) in [6.45, 7) is 5.41. The molecule has 1 amide bonds. The molecule has 0 saturated carbocycles. The summed E-state index contributed by atoms with van der Waals surface area (Å²) in [5, 5.41) is 2.68. The Bertz CT molecular complexity index is 1680. The van der Waals surface area contributed by atoms with Crippen LogP contribution in [0.15, 0.2) is 101 Å². The van der Waals surface area contributed by atoms with Crippen molar-refractivity contribution in [3.63, 3.8) is 0 Å². The van der Waals surface area contributed by atoms with E-state index in [0.717, 1.165) is 11.1 Å². The highest BCUT2D eigenvalue weighted by Crippen LogP contribution is 2.24. The lowest BCUT2D eigenvalue weighted by Crippen LogP contribution is -2.17. The third kappa shape index (κ3) is 6.39. The number of aryl methyl sites for hydroxylation is 3. The van der Waals surface area contributed by atoms with E-state index in [9.17, 15) is 21.6 Å². The first-order valence-corrected chi connectivity index (χ1v) is 14.6. The molecule has 0 aliphatic rings. The molecule has 8 nitrogen and oxygen atoms in total. The largest absolute Gasteiger partial charge is 0.322 e. The Balaban J connectivity index is 1.51. The standard InChI is InChI=1S/C28H27N3O5S2/c1-19-15-20(2)17-25(16-19)31-38(35,36)27-18-22(10-9-21(27)3)28(32)29-23-11-13-26(14-12-23)37(33,34)30-24-7-5-4-6-8-24/h4-18,30-31H,1-3H3,(H,29,32). The van der Waals surface area contributed by atoms with Gasteiger partial charge >= 0.3 is 0 Å². The second kappa shape index (κ2) is 10.7. The molecule has 4 rings (SSSR count). The van der Waals surface area contributed by atoms with Gasteiger partial charge in [-0.05, 0) is 98.1 Å². The first-order valence-electron chi connectivity index (χ1n) is 11.6. The van der Waals surface area contributed by atoms with Crippen molar-refractivity contribution in [3.8, 4) is 0 Å². The van der Waals surface area contributed by atoms with E-state index in [2.05, 4.69) is 14.8 Å². The molecule has 4 aromatic carbocycles. The molecule has 0 fully saturated rings. The minimum Gasteiger partial charge on any atom is -0.322 e. The van der Waals surface area contributed by atoms with Crippen LogP contribution in [0, 0.1) is 20.8 Å². The zero-order valence-electron chi connectivity index (χ0n) is 21.0. The summed E-state index contributed by atoms with van der Waals surface area (Å²) < 4.78 is 56.6. The van der Waals surface area contributed by atoms with Crippen LogP contribution < -0.4 is 14.8 Å². The minimum atomic E-state index is -3.96. The van der Waals surface area contributed by atoms with E-state index in [1.807, 2.05) is 19.9 Å². The molecule has 0 unspecified atom stereocenters. The van der Waals surface area contributed by atoms with Crippen LogP contribution in [-0.4, -0.2) is 22.7 Å². The summed E-state index contributed by atoms with van der Waals surface area (Å²) >= 11 is 0. The second-order valence-corrected chi connectivity index (χ2v) is 12.2. The van der Waals surface area contributed by atoms with Crippen LogP contribution in [0.25, 0.3) is 0 Å². The maximum atomic E-state index is 13.1. The number of amides is 1. The molecule has 0 aliphatic heterocycles. The number of carbonyl (C=O) groups is 1. The molecule has 0 bridgehead atoms. The molecular weight excluding hydrogens is 522 g/mol. The zero-order chi connectivity index (χ0) is 27.5. The van der Waals surface area contributed by atoms with Gasteiger partial charge < -0.3 is 5.32 Å². The van der Waals surface area contributed by atoms with Gasteiger partial charge in [0.15, 0.2) is 0 Å². The Labute approximate surface area is 222 Å². The van der Waals surface area contributed by atoms with Crippen LogP contribution in [-0.2, 0) is 20.0 Å². The number of carbonyl (C=O) groups excluding carboxylic acids is 1. The van der Waals surface area contributed by atoms with Crippen molar-refractivity contribution in [1.82, 2.24) is 0 Å². The topological polar surface area (TPSA) is 121 Å². The predicted octanol–water partition coefficient (Wildman–Crippen LogP) is 5.47. The SMILES string of the molecule is Cc1cc(C)cc(NS(=O)(=O)c2cc(C(=O)Nc3ccc(S(=O)(=O)Nc4ccccc4)cc3)ccc2C)c1. The smallest absolute Gasteiger partial charge is 0.262 e. The van der Waals surface area contributed by atoms with Crippen molar-refractivity contribution in [2.75, 3.05) is 14.8 Å². The van der Waals surface area contributed by atoms with Crippen LogP contribution in [0.3, 0.4) is 0 Å². The van der Waals surface area contributed by atoms with Gasteiger partial charge in [-0.15, -0.1) is 0 Å². The molecule has 0 saturated heterocycles. The number of benzene rings is 4. The van der Waals surface area contributed by atoms with E-state index in [1.54, 1.807) is 55.5 Å². The van der Waals surface area contributed by atoms with Crippen LogP contribution >= 0.6 is 0 Å². The van der Waals surface area contributed by atoms with Gasteiger partial charge in [0.05, 0.1) is 9.79 Å². The van der Waals surface area contributed by atoms with Crippen molar-refractivity contribution < 1.29 is 21.6 Å². The van der Waals surface area contributed by atoms with Gasteiger partial charge in [-0.1, -0.05) is 30.3 Å². The third-order valence-electron chi connectivity index (χ3n) is 5.66. The molecule has 196 valence electrons. The van der Waals surface area contributed by atoms with Crippen LogP contribution in [0.5, 0.6) is 0 Å². The van der Waals surface area contributed by atoms with Crippen molar-refractivity contribution in [2.24, 2.45) is 0 Å². The van der Waals surface area contributed by atoms with Gasteiger partial charge in [0.2, 0.25) is 0 Å². The normalized spacial score (nSPS) is 11.6. The van der Waals surface area contributed by atoms with Gasteiger partial charge in [-0.2, -0.15) is 0 Å². The molecule has 0 heterocycles. The number of anilines is 3. The van der Waals surface area contributed by atoms with E-state index in [1.165, 1.54) is 36.4 Å². The quantitative estimate of drug-likeness (QED) is 0.269. The van der Waals surface area contributed by atoms with E-state index in [4.69, 9.17) is 0 Å². The minimum absolute atomic E-state index is 0.0160. The molecular formula is C28H27N3O5S2. The highest BCUT2D eigenvalue weighted by molar-refractivity contribution is 7.93. The molecule has 0 aliphatic carbocycles. The van der Waals surface area contributed by atoms with E-state index in [0.29, 0.717) is 22.6 Å². The van der Waals surface area contributed by atoms with Crippen molar-refractivity contribution in [3.05, 3.63) is 113 Å². The average Bonchev–Trinajstić information content (AvgIpc) is 2.84. The monoisotopic (exact) mass is 549 g/mol. The summed E-state index contributed by atoms with van der Waals surface area (Å²) in [5.74, 6) is -0.536. The van der Waals surface area contributed by atoms with Gasteiger partial charge in [0, 0.05) is 22.6 Å². The Morgan fingerprint density at radius 2 is 1.21 bits per heavy atom.